The van der Waals surface area contributed by atoms with E-state index in [0.717, 1.165) is 10.9 Å². The molecule has 1 aliphatic rings. The summed E-state index contributed by atoms with van der Waals surface area (Å²) in [5.41, 5.74) is 1.72. The third-order valence-corrected chi connectivity index (χ3v) is 3.34. The third kappa shape index (κ3) is 2.74. The number of nitrogens with zero attached hydrogens (tertiary/aromatic N) is 1. The van der Waals surface area contributed by atoms with E-state index in [-0.39, 0.29) is 5.91 Å². The van der Waals surface area contributed by atoms with Gasteiger partial charge in [-0.15, -0.1) is 0 Å². The van der Waals surface area contributed by atoms with Crippen LogP contribution in [0.1, 0.15) is 26.3 Å². The fourth-order valence-electron chi connectivity index (χ4n) is 2.49. The Morgan fingerprint density at radius 3 is 2.95 bits per heavy atom. The van der Waals surface area contributed by atoms with Crippen LogP contribution < -0.4 is 10.6 Å². The van der Waals surface area contributed by atoms with E-state index in [4.69, 9.17) is 4.74 Å². The zero-order chi connectivity index (χ0) is 15.9. The zero-order valence-electron chi connectivity index (χ0n) is 12.7. The lowest BCUT2D eigenvalue weighted by Crippen LogP contribution is -2.46. The molecule has 0 spiro atoms. The highest BCUT2D eigenvalue weighted by atomic mass is 16.6. The summed E-state index contributed by atoms with van der Waals surface area (Å²) in [6, 6.07) is 1.05. The van der Waals surface area contributed by atoms with Crippen LogP contribution >= 0.6 is 0 Å². The Hall–Kier alpha value is -2.57. The van der Waals surface area contributed by atoms with E-state index in [1.165, 1.54) is 0 Å². The second-order valence-electron chi connectivity index (χ2n) is 6.29. The van der Waals surface area contributed by atoms with Crippen molar-refractivity contribution in [3.05, 3.63) is 24.0 Å². The molecule has 0 unspecified atom stereocenters. The van der Waals surface area contributed by atoms with E-state index < -0.39 is 17.7 Å². The Morgan fingerprint density at radius 2 is 2.23 bits per heavy atom. The maximum atomic E-state index is 12.3. The molecule has 0 saturated heterocycles. The lowest BCUT2D eigenvalue weighted by Gasteiger charge is -2.22. The standard InChI is InChI=1S/C15H18N4O3/c1-15(2,3)22-14(21)19-10-6-8-7-17-12-11(8)9(4-5-16-12)18-13(10)20/h4-5,7,10H,6H2,1-3H3,(H,16,17)(H,18,20)(H,19,21)/t10-/m0/s1. The highest BCUT2D eigenvalue weighted by Gasteiger charge is 2.29. The SMILES string of the molecule is CC(C)(C)OC(=O)N[C@H]1Cc2c[nH]c3nccc(c23)NC1=O. The molecule has 0 bridgehead atoms. The summed E-state index contributed by atoms with van der Waals surface area (Å²) >= 11 is 0. The van der Waals surface area contributed by atoms with Crippen LogP contribution in [0.2, 0.25) is 0 Å². The Morgan fingerprint density at radius 1 is 1.45 bits per heavy atom. The molecule has 3 N–H and O–H groups in total. The van der Waals surface area contributed by atoms with Gasteiger partial charge in [-0.2, -0.15) is 0 Å². The van der Waals surface area contributed by atoms with Crippen LogP contribution in [0.25, 0.3) is 11.0 Å². The first-order valence-electron chi connectivity index (χ1n) is 7.09. The number of aromatic nitrogens is 2. The van der Waals surface area contributed by atoms with Gasteiger partial charge in [-0.3, -0.25) is 4.79 Å². The fraction of sp³-hybridized carbons (Fsp3) is 0.400. The summed E-state index contributed by atoms with van der Waals surface area (Å²) in [7, 11) is 0. The molecule has 22 heavy (non-hydrogen) atoms. The Labute approximate surface area is 127 Å². The summed E-state index contributed by atoms with van der Waals surface area (Å²) < 4.78 is 5.21. The monoisotopic (exact) mass is 302 g/mol. The van der Waals surface area contributed by atoms with Crippen molar-refractivity contribution in [1.82, 2.24) is 15.3 Å². The molecule has 0 radical (unpaired) electrons. The molecule has 2 aromatic heterocycles. The van der Waals surface area contributed by atoms with Crippen LogP contribution in [0.3, 0.4) is 0 Å². The fourth-order valence-corrected chi connectivity index (χ4v) is 2.49. The normalized spacial score (nSPS) is 17.8. The van der Waals surface area contributed by atoms with Gasteiger partial charge in [0, 0.05) is 24.2 Å². The Bertz CT molecular complexity index is 745. The number of rotatable bonds is 1. The summed E-state index contributed by atoms with van der Waals surface area (Å²) in [5.74, 6) is -0.269. The minimum Gasteiger partial charge on any atom is -0.444 e. The van der Waals surface area contributed by atoms with Crippen molar-refractivity contribution in [3.63, 3.8) is 0 Å². The number of hydrogen-bond donors (Lipinski definition) is 3. The summed E-state index contributed by atoms with van der Waals surface area (Å²) in [6.45, 7) is 5.32. The van der Waals surface area contributed by atoms with Gasteiger partial charge in [0.25, 0.3) is 0 Å². The number of carbonyl (C=O) groups excluding carboxylic acids is 2. The predicted molar refractivity (Wildman–Crippen MR) is 81.6 cm³/mol. The van der Waals surface area contributed by atoms with Crippen LogP contribution in [-0.2, 0) is 16.0 Å². The molecule has 1 atom stereocenters. The number of alkyl carbamates (subject to hydrolysis) is 1. The first-order valence-corrected chi connectivity index (χ1v) is 7.09. The molecule has 116 valence electrons. The van der Waals surface area contributed by atoms with E-state index >= 15 is 0 Å². The smallest absolute Gasteiger partial charge is 0.408 e. The number of H-pyrrole nitrogens is 1. The minimum atomic E-state index is -0.693. The van der Waals surface area contributed by atoms with Crippen LogP contribution in [-0.4, -0.2) is 33.6 Å². The van der Waals surface area contributed by atoms with Gasteiger partial charge in [0.2, 0.25) is 5.91 Å². The summed E-state index contributed by atoms with van der Waals surface area (Å²) in [6.07, 6.45) is 3.21. The van der Waals surface area contributed by atoms with E-state index in [0.29, 0.717) is 17.8 Å². The van der Waals surface area contributed by atoms with Crippen LogP contribution in [0, 0.1) is 0 Å². The predicted octanol–water partition coefficient (Wildman–Crippen LogP) is 1.95. The molecule has 0 fully saturated rings. The van der Waals surface area contributed by atoms with Gasteiger partial charge in [-0.25, -0.2) is 9.78 Å². The highest BCUT2D eigenvalue weighted by Crippen LogP contribution is 2.28. The van der Waals surface area contributed by atoms with Gasteiger partial charge in [0.05, 0.1) is 5.69 Å². The van der Waals surface area contributed by atoms with Crippen molar-refractivity contribution in [2.45, 2.75) is 38.8 Å². The van der Waals surface area contributed by atoms with Gasteiger partial charge in [-0.05, 0) is 32.4 Å². The lowest BCUT2D eigenvalue weighted by molar-refractivity contribution is -0.118. The molecular weight excluding hydrogens is 284 g/mol. The van der Waals surface area contributed by atoms with Crippen molar-refractivity contribution >= 4 is 28.7 Å². The number of amides is 2. The van der Waals surface area contributed by atoms with Crippen molar-refractivity contribution in [3.8, 4) is 0 Å². The molecule has 0 saturated carbocycles. The van der Waals surface area contributed by atoms with Crippen LogP contribution in [0.15, 0.2) is 18.5 Å². The van der Waals surface area contributed by atoms with E-state index in [9.17, 15) is 9.59 Å². The van der Waals surface area contributed by atoms with E-state index in [1.807, 2.05) is 6.20 Å². The van der Waals surface area contributed by atoms with Crippen molar-refractivity contribution in [1.29, 1.82) is 0 Å². The number of aromatic amines is 1. The van der Waals surface area contributed by atoms with Gasteiger partial charge in [0.1, 0.15) is 17.3 Å². The topological polar surface area (TPSA) is 96.1 Å². The number of ether oxygens (including phenoxy) is 1. The largest absolute Gasteiger partial charge is 0.444 e. The van der Waals surface area contributed by atoms with Gasteiger partial charge >= 0.3 is 6.09 Å². The zero-order valence-corrected chi connectivity index (χ0v) is 12.7. The first-order chi connectivity index (χ1) is 10.3. The molecule has 2 amide bonds. The number of nitrogens with one attached hydrogen (secondary N) is 3. The third-order valence-electron chi connectivity index (χ3n) is 3.34. The van der Waals surface area contributed by atoms with Gasteiger partial charge < -0.3 is 20.4 Å². The molecule has 0 aromatic carbocycles. The van der Waals surface area contributed by atoms with Gasteiger partial charge in [0.15, 0.2) is 0 Å². The number of carbonyl (C=O) groups is 2. The van der Waals surface area contributed by atoms with E-state index in [2.05, 4.69) is 20.6 Å². The Kier molecular flexibility index (Phi) is 3.27. The Balaban J connectivity index is 1.84. The second-order valence-corrected chi connectivity index (χ2v) is 6.29. The molecule has 1 aliphatic heterocycles. The lowest BCUT2D eigenvalue weighted by atomic mass is 10.1. The van der Waals surface area contributed by atoms with Crippen molar-refractivity contribution in [2.24, 2.45) is 0 Å². The number of pyridine rings is 1. The highest BCUT2D eigenvalue weighted by molar-refractivity contribution is 6.06. The average molecular weight is 302 g/mol. The average Bonchev–Trinajstić information content (AvgIpc) is 2.74. The van der Waals surface area contributed by atoms with Crippen molar-refractivity contribution in [2.75, 3.05) is 5.32 Å². The molecule has 2 aromatic rings. The molecule has 0 aliphatic carbocycles. The maximum absolute atomic E-state index is 12.3. The van der Waals surface area contributed by atoms with E-state index in [1.54, 1.807) is 33.0 Å². The first kappa shape index (κ1) is 14.4. The molecule has 3 heterocycles. The molecule has 3 rings (SSSR count). The molecule has 7 heteroatoms. The van der Waals surface area contributed by atoms with Crippen LogP contribution in [0.5, 0.6) is 0 Å². The molecular formula is C15H18N4O3. The second kappa shape index (κ2) is 5.01. The van der Waals surface area contributed by atoms with Gasteiger partial charge in [-0.1, -0.05) is 0 Å². The maximum Gasteiger partial charge on any atom is 0.408 e. The summed E-state index contributed by atoms with van der Waals surface area (Å²) in [4.78, 5) is 31.5. The summed E-state index contributed by atoms with van der Waals surface area (Å²) in [5, 5.41) is 6.33. The van der Waals surface area contributed by atoms with Crippen LogP contribution in [0.4, 0.5) is 10.5 Å². The quantitative estimate of drug-likeness (QED) is 0.750. The number of anilines is 1. The van der Waals surface area contributed by atoms with Crippen molar-refractivity contribution < 1.29 is 14.3 Å². The molecule has 7 nitrogen and oxygen atoms in total. The number of hydrogen-bond acceptors (Lipinski definition) is 4. The minimum absolute atomic E-state index is 0.269.